The molecule has 0 heterocycles. The molecule has 0 bridgehead atoms. The molecule has 0 saturated heterocycles. The van der Waals surface area contributed by atoms with E-state index in [0.29, 0.717) is 11.5 Å². The van der Waals surface area contributed by atoms with Crippen LogP contribution in [0, 0.1) is 55.4 Å². The maximum atomic E-state index is 10.2. The van der Waals surface area contributed by atoms with Gasteiger partial charge >= 0.3 is 0 Å². The Kier molecular flexibility index (Phi) is 8.20. The van der Waals surface area contributed by atoms with Crippen LogP contribution in [0.25, 0.3) is 22.3 Å². The molecule has 0 fully saturated rings. The minimum absolute atomic E-state index is 0.178. The summed E-state index contributed by atoms with van der Waals surface area (Å²) in [4.78, 5) is 0. The predicted molar refractivity (Wildman–Crippen MR) is 165 cm³/mol. The van der Waals surface area contributed by atoms with Gasteiger partial charge < -0.3 is 19.7 Å². The average Bonchev–Trinajstić information content (AvgIpc) is 2.88. The van der Waals surface area contributed by atoms with Crippen LogP contribution in [0.2, 0.25) is 0 Å². The molecule has 0 radical (unpaired) electrons. The third-order valence-electron chi connectivity index (χ3n) is 7.84. The average molecular weight is 539 g/mol. The highest BCUT2D eigenvalue weighted by molar-refractivity contribution is 5.71. The van der Waals surface area contributed by atoms with Gasteiger partial charge in [0.15, 0.2) is 0 Å². The smallest absolute Gasteiger partial charge is 0.132 e. The second-order valence-corrected chi connectivity index (χ2v) is 11.4. The molecule has 0 aliphatic carbocycles. The maximum Gasteiger partial charge on any atom is 0.132 e. The molecule has 4 rings (SSSR count). The van der Waals surface area contributed by atoms with E-state index in [1.165, 1.54) is 0 Å². The van der Waals surface area contributed by atoms with Crippen molar-refractivity contribution in [2.75, 3.05) is 0 Å². The highest BCUT2D eigenvalue weighted by Gasteiger charge is 2.21. The molecule has 4 aromatic rings. The number of phenols is 2. The molecule has 0 amide bonds. The number of aryl methyl sites for hydroxylation is 8. The van der Waals surface area contributed by atoms with Crippen molar-refractivity contribution in [3.05, 3.63) is 93.0 Å². The van der Waals surface area contributed by atoms with E-state index >= 15 is 0 Å². The Morgan fingerprint density at radius 1 is 0.400 bits per heavy atom. The zero-order chi connectivity index (χ0) is 29.5. The van der Waals surface area contributed by atoms with Gasteiger partial charge in [0.1, 0.15) is 35.2 Å². The summed E-state index contributed by atoms with van der Waals surface area (Å²) in [5.41, 5.74) is 12.1. The van der Waals surface area contributed by atoms with Gasteiger partial charge in [0, 0.05) is 0 Å². The van der Waals surface area contributed by atoms with E-state index in [0.717, 1.165) is 78.3 Å². The van der Waals surface area contributed by atoms with Crippen molar-refractivity contribution >= 4 is 0 Å². The number of phenolic OH excluding ortho intramolecular Hbond substituents is 2. The topological polar surface area (TPSA) is 58.9 Å². The van der Waals surface area contributed by atoms with Crippen LogP contribution in [0.4, 0.5) is 0 Å². The van der Waals surface area contributed by atoms with Gasteiger partial charge in [-0.25, -0.2) is 0 Å². The van der Waals surface area contributed by atoms with Crippen molar-refractivity contribution in [2.24, 2.45) is 0 Å². The maximum absolute atomic E-state index is 10.2. The summed E-state index contributed by atoms with van der Waals surface area (Å²) >= 11 is 0. The molecule has 0 aliphatic heterocycles. The van der Waals surface area contributed by atoms with E-state index in [2.05, 4.69) is 52.0 Å². The minimum Gasteiger partial charge on any atom is -0.507 e. The van der Waals surface area contributed by atoms with Crippen LogP contribution in [-0.4, -0.2) is 22.4 Å². The SMILES string of the molecule is Cc1cc(-c2cc(C)c(OC(C)C(C)Oc3c(C)cc(-c4cc(C)c(O)c(C)c4)cc3C)c(C)c2)cc(C)c1O. The van der Waals surface area contributed by atoms with Crippen LogP contribution in [0.5, 0.6) is 23.0 Å². The molecule has 4 nitrogen and oxygen atoms in total. The van der Waals surface area contributed by atoms with Gasteiger partial charge in [-0.2, -0.15) is 0 Å². The van der Waals surface area contributed by atoms with Crippen molar-refractivity contribution in [3.63, 3.8) is 0 Å². The van der Waals surface area contributed by atoms with Gasteiger partial charge in [-0.1, -0.05) is 0 Å². The molecule has 210 valence electrons. The molecule has 0 aliphatic rings. The van der Waals surface area contributed by atoms with Crippen LogP contribution >= 0.6 is 0 Å². The van der Waals surface area contributed by atoms with Crippen LogP contribution in [0.3, 0.4) is 0 Å². The van der Waals surface area contributed by atoms with E-state index in [-0.39, 0.29) is 12.2 Å². The first kappa shape index (κ1) is 29.1. The van der Waals surface area contributed by atoms with Crippen molar-refractivity contribution in [1.29, 1.82) is 0 Å². The second-order valence-electron chi connectivity index (χ2n) is 11.4. The first-order valence-corrected chi connectivity index (χ1v) is 13.9. The molecule has 4 heteroatoms. The van der Waals surface area contributed by atoms with Crippen LogP contribution < -0.4 is 9.47 Å². The summed E-state index contributed by atoms with van der Waals surface area (Å²) in [6.45, 7) is 20.1. The largest absolute Gasteiger partial charge is 0.507 e. The lowest BCUT2D eigenvalue weighted by Crippen LogP contribution is -2.32. The van der Waals surface area contributed by atoms with Crippen LogP contribution in [0.15, 0.2) is 48.5 Å². The third-order valence-corrected chi connectivity index (χ3v) is 7.84. The lowest BCUT2D eigenvalue weighted by atomic mass is 9.96. The van der Waals surface area contributed by atoms with Gasteiger partial charge in [-0.3, -0.25) is 0 Å². The van der Waals surface area contributed by atoms with E-state index in [1.807, 2.05) is 65.8 Å². The molecule has 2 atom stereocenters. The quantitative estimate of drug-likeness (QED) is 0.246. The molecule has 4 aromatic carbocycles. The Bertz CT molecular complexity index is 1370. The normalized spacial score (nSPS) is 12.8. The van der Waals surface area contributed by atoms with Gasteiger partial charge in [0.25, 0.3) is 0 Å². The summed E-state index contributed by atoms with van der Waals surface area (Å²) < 4.78 is 13.0. The van der Waals surface area contributed by atoms with Gasteiger partial charge in [0.2, 0.25) is 0 Å². The number of hydrogen-bond donors (Lipinski definition) is 2. The Hall–Kier alpha value is -3.92. The molecule has 40 heavy (non-hydrogen) atoms. The van der Waals surface area contributed by atoms with Gasteiger partial charge in [-0.05, 0) is 185 Å². The minimum atomic E-state index is -0.178. The lowest BCUT2D eigenvalue weighted by molar-refractivity contribution is 0.0760. The van der Waals surface area contributed by atoms with Crippen molar-refractivity contribution < 1.29 is 19.7 Å². The van der Waals surface area contributed by atoms with Crippen molar-refractivity contribution in [2.45, 2.75) is 81.4 Å². The van der Waals surface area contributed by atoms with Crippen LogP contribution in [0.1, 0.15) is 58.4 Å². The number of benzene rings is 4. The summed E-state index contributed by atoms with van der Waals surface area (Å²) in [6, 6.07) is 16.7. The lowest BCUT2D eigenvalue weighted by Gasteiger charge is -2.26. The predicted octanol–water partition coefficient (Wildman–Crippen LogP) is 9.13. The Labute approximate surface area is 239 Å². The fourth-order valence-electron chi connectivity index (χ4n) is 5.41. The van der Waals surface area contributed by atoms with E-state index in [1.54, 1.807) is 0 Å². The molecule has 0 saturated carbocycles. The van der Waals surface area contributed by atoms with Gasteiger partial charge in [-0.15, -0.1) is 0 Å². The summed E-state index contributed by atoms with van der Waals surface area (Å²) in [5.74, 6) is 2.46. The number of rotatable bonds is 7. The first-order chi connectivity index (χ1) is 18.8. The summed E-state index contributed by atoms with van der Waals surface area (Å²) in [7, 11) is 0. The summed E-state index contributed by atoms with van der Waals surface area (Å²) in [6.07, 6.45) is -0.357. The van der Waals surface area contributed by atoms with Crippen molar-refractivity contribution in [3.8, 4) is 45.3 Å². The Morgan fingerprint density at radius 3 is 0.825 bits per heavy atom. The van der Waals surface area contributed by atoms with Gasteiger partial charge in [0.05, 0.1) is 0 Å². The zero-order valence-electron chi connectivity index (χ0n) is 25.5. The molecular weight excluding hydrogens is 496 g/mol. The highest BCUT2D eigenvalue weighted by Crippen LogP contribution is 2.36. The third kappa shape index (κ3) is 5.82. The van der Waals surface area contributed by atoms with E-state index in [9.17, 15) is 10.2 Å². The molecule has 0 aromatic heterocycles. The number of aromatic hydroxyl groups is 2. The first-order valence-electron chi connectivity index (χ1n) is 13.9. The molecule has 2 unspecified atom stereocenters. The fraction of sp³-hybridized carbons (Fsp3) is 0.333. The number of hydrogen-bond acceptors (Lipinski definition) is 4. The molecular formula is C36H42O4. The van der Waals surface area contributed by atoms with E-state index < -0.39 is 0 Å². The second kappa shape index (κ2) is 11.3. The monoisotopic (exact) mass is 538 g/mol. The Morgan fingerprint density at radius 2 is 0.600 bits per heavy atom. The zero-order valence-corrected chi connectivity index (χ0v) is 25.5. The standard InChI is InChI=1S/C36H42O4/c1-19-11-29(12-20(2)33(19)37)31-15-23(5)35(24(6)16-31)39-27(9)28(10)40-36-25(7)17-32(18-26(36)8)30-13-21(3)34(38)22(4)14-30/h11-18,27-28,37-38H,1-10H3. The van der Waals surface area contributed by atoms with E-state index in [4.69, 9.17) is 9.47 Å². The summed E-state index contributed by atoms with van der Waals surface area (Å²) in [5, 5.41) is 20.4. The molecule has 2 N–H and O–H groups in total. The highest BCUT2D eigenvalue weighted by atomic mass is 16.5. The van der Waals surface area contributed by atoms with Crippen LogP contribution in [-0.2, 0) is 0 Å². The van der Waals surface area contributed by atoms with Crippen molar-refractivity contribution in [1.82, 2.24) is 0 Å². The fourth-order valence-corrected chi connectivity index (χ4v) is 5.41. The molecule has 0 spiro atoms. The Balaban J connectivity index is 1.53. The number of ether oxygens (including phenoxy) is 2.